The van der Waals surface area contributed by atoms with Crippen LogP contribution in [0, 0.1) is 5.41 Å². The zero-order valence-corrected chi connectivity index (χ0v) is 17.3. The molecule has 6 nitrogen and oxygen atoms in total. The van der Waals surface area contributed by atoms with Crippen molar-refractivity contribution in [2.75, 3.05) is 37.7 Å². The first-order valence-corrected chi connectivity index (χ1v) is 10.6. The number of amides is 1. The van der Waals surface area contributed by atoms with E-state index in [1.54, 1.807) is 0 Å². The first-order chi connectivity index (χ1) is 13.7. The number of nitrogens with zero attached hydrogens (tertiary/aromatic N) is 2. The Morgan fingerprint density at radius 1 is 1.21 bits per heavy atom. The minimum absolute atomic E-state index is 0.225. The fourth-order valence-corrected chi connectivity index (χ4v) is 3.61. The van der Waals surface area contributed by atoms with Crippen molar-refractivity contribution in [1.29, 1.82) is 0 Å². The number of benzene rings is 1. The van der Waals surface area contributed by atoms with Crippen LogP contribution in [0.1, 0.15) is 51.5 Å². The predicted octanol–water partition coefficient (Wildman–Crippen LogP) is 3.08. The molecule has 1 amide bonds. The summed E-state index contributed by atoms with van der Waals surface area (Å²) in [5.41, 5.74) is 2.52. The molecule has 2 aliphatic rings. The predicted molar refractivity (Wildman–Crippen MR) is 114 cm³/mol. The maximum Gasteiger partial charge on any atom is 0.227 e. The molecule has 1 aromatic carbocycles. The standard InChI is InChI=1S/C22H34N4O2/c1-3-23-21(25-17-22(11-12-22)13-15-28-4-2)24-16-18-7-9-19(10-8-18)26-14-5-6-20(26)27/h7-10H,3-6,11-17H2,1-2H3,(H2,23,24,25). The molecule has 0 atom stereocenters. The lowest BCUT2D eigenvalue weighted by atomic mass is 10.0. The zero-order valence-electron chi connectivity index (χ0n) is 17.3. The van der Waals surface area contributed by atoms with Crippen LogP contribution >= 0.6 is 0 Å². The Hall–Kier alpha value is -2.08. The van der Waals surface area contributed by atoms with Gasteiger partial charge in [-0.05, 0) is 62.6 Å². The summed E-state index contributed by atoms with van der Waals surface area (Å²) < 4.78 is 5.52. The third-order valence-corrected chi connectivity index (χ3v) is 5.65. The summed E-state index contributed by atoms with van der Waals surface area (Å²) in [4.78, 5) is 18.5. The highest BCUT2D eigenvalue weighted by atomic mass is 16.5. The average Bonchev–Trinajstić information content (AvgIpc) is 3.35. The Balaban J connectivity index is 1.52. The van der Waals surface area contributed by atoms with E-state index in [-0.39, 0.29) is 5.91 Å². The van der Waals surface area contributed by atoms with Crippen LogP contribution in [-0.2, 0) is 16.1 Å². The van der Waals surface area contributed by atoms with Gasteiger partial charge in [-0.3, -0.25) is 4.79 Å². The first kappa shape index (κ1) is 20.6. The van der Waals surface area contributed by atoms with E-state index in [0.29, 0.717) is 18.4 Å². The summed E-state index contributed by atoms with van der Waals surface area (Å²) in [7, 11) is 0. The molecule has 1 heterocycles. The fraction of sp³-hybridized carbons (Fsp3) is 0.636. The highest BCUT2D eigenvalue weighted by molar-refractivity contribution is 5.95. The van der Waals surface area contributed by atoms with Crippen LogP contribution in [0.25, 0.3) is 0 Å². The molecule has 1 saturated carbocycles. The summed E-state index contributed by atoms with van der Waals surface area (Å²) in [6, 6.07) is 8.19. The lowest BCUT2D eigenvalue weighted by Crippen LogP contribution is -2.40. The largest absolute Gasteiger partial charge is 0.382 e. The molecule has 1 aliphatic heterocycles. The van der Waals surface area contributed by atoms with Gasteiger partial charge in [0.05, 0.1) is 6.54 Å². The molecule has 1 aromatic rings. The lowest BCUT2D eigenvalue weighted by molar-refractivity contribution is -0.117. The van der Waals surface area contributed by atoms with Crippen LogP contribution in [0.2, 0.25) is 0 Å². The third-order valence-electron chi connectivity index (χ3n) is 5.65. The number of guanidine groups is 1. The number of carbonyl (C=O) groups is 1. The first-order valence-electron chi connectivity index (χ1n) is 10.6. The SMILES string of the molecule is CCNC(=NCc1ccc(N2CCCC2=O)cc1)NCC1(CCOCC)CC1. The molecule has 0 bridgehead atoms. The van der Waals surface area contributed by atoms with Crippen molar-refractivity contribution >= 4 is 17.6 Å². The van der Waals surface area contributed by atoms with Gasteiger partial charge >= 0.3 is 0 Å². The van der Waals surface area contributed by atoms with E-state index < -0.39 is 0 Å². The lowest BCUT2D eigenvalue weighted by Gasteiger charge is -2.18. The van der Waals surface area contributed by atoms with Gasteiger partial charge in [-0.2, -0.15) is 0 Å². The van der Waals surface area contributed by atoms with Crippen LogP contribution in [0.4, 0.5) is 5.69 Å². The molecule has 6 heteroatoms. The molecule has 28 heavy (non-hydrogen) atoms. The highest BCUT2D eigenvalue weighted by Gasteiger charge is 2.41. The Labute approximate surface area is 168 Å². The van der Waals surface area contributed by atoms with Gasteiger partial charge in [-0.25, -0.2) is 4.99 Å². The number of ether oxygens (including phenoxy) is 1. The van der Waals surface area contributed by atoms with Gasteiger partial charge in [-0.15, -0.1) is 0 Å². The van der Waals surface area contributed by atoms with E-state index in [1.165, 1.54) is 12.8 Å². The average molecular weight is 387 g/mol. The second-order valence-electron chi connectivity index (χ2n) is 7.81. The minimum Gasteiger partial charge on any atom is -0.382 e. The second kappa shape index (κ2) is 9.92. The number of anilines is 1. The maximum absolute atomic E-state index is 11.9. The van der Waals surface area contributed by atoms with Crippen LogP contribution in [0.15, 0.2) is 29.3 Å². The molecule has 0 spiro atoms. The van der Waals surface area contributed by atoms with Crippen molar-refractivity contribution in [2.24, 2.45) is 10.4 Å². The van der Waals surface area contributed by atoms with Crippen molar-refractivity contribution in [3.05, 3.63) is 29.8 Å². The summed E-state index contributed by atoms with van der Waals surface area (Å²) in [6.45, 7) is 9.00. The Morgan fingerprint density at radius 2 is 2.00 bits per heavy atom. The molecule has 0 radical (unpaired) electrons. The molecule has 2 N–H and O–H groups in total. The number of aliphatic imine (C=N–C) groups is 1. The summed E-state index contributed by atoms with van der Waals surface area (Å²) in [5, 5.41) is 6.85. The van der Waals surface area contributed by atoms with Crippen molar-refractivity contribution in [3.8, 4) is 0 Å². The highest BCUT2D eigenvalue weighted by Crippen LogP contribution is 2.48. The molecular weight excluding hydrogens is 352 g/mol. The van der Waals surface area contributed by atoms with E-state index in [2.05, 4.69) is 29.7 Å². The van der Waals surface area contributed by atoms with Gasteiger partial charge < -0.3 is 20.3 Å². The van der Waals surface area contributed by atoms with Gasteiger partial charge in [0, 0.05) is 45.0 Å². The quantitative estimate of drug-likeness (QED) is 0.368. The smallest absolute Gasteiger partial charge is 0.227 e. The van der Waals surface area contributed by atoms with Gasteiger partial charge in [0.2, 0.25) is 5.91 Å². The van der Waals surface area contributed by atoms with Gasteiger partial charge in [0.15, 0.2) is 5.96 Å². The molecule has 0 unspecified atom stereocenters. The van der Waals surface area contributed by atoms with E-state index in [0.717, 1.165) is 62.9 Å². The van der Waals surface area contributed by atoms with Gasteiger partial charge in [0.1, 0.15) is 0 Å². The number of nitrogens with one attached hydrogen (secondary N) is 2. The number of carbonyl (C=O) groups excluding carboxylic acids is 1. The molecular formula is C22H34N4O2. The minimum atomic E-state index is 0.225. The van der Waals surface area contributed by atoms with E-state index in [1.807, 2.05) is 24.0 Å². The van der Waals surface area contributed by atoms with Crippen LogP contribution in [0.5, 0.6) is 0 Å². The summed E-state index contributed by atoms with van der Waals surface area (Å²) >= 11 is 0. The number of hydrogen-bond donors (Lipinski definition) is 2. The molecule has 3 rings (SSSR count). The fourth-order valence-electron chi connectivity index (χ4n) is 3.61. The Morgan fingerprint density at radius 3 is 2.61 bits per heavy atom. The summed E-state index contributed by atoms with van der Waals surface area (Å²) in [6.07, 6.45) is 5.26. The third kappa shape index (κ3) is 5.71. The Kier molecular flexibility index (Phi) is 7.31. The van der Waals surface area contributed by atoms with Gasteiger partial charge in [0.25, 0.3) is 0 Å². The second-order valence-corrected chi connectivity index (χ2v) is 7.81. The zero-order chi connectivity index (χ0) is 19.8. The molecule has 1 aliphatic carbocycles. The van der Waals surface area contributed by atoms with Crippen molar-refractivity contribution in [1.82, 2.24) is 10.6 Å². The monoisotopic (exact) mass is 386 g/mol. The van der Waals surface area contributed by atoms with Crippen molar-refractivity contribution in [2.45, 2.75) is 52.5 Å². The van der Waals surface area contributed by atoms with Crippen LogP contribution in [-0.4, -0.2) is 44.7 Å². The Bertz CT molecular complexity index is 668. The molecule has 154 valence electrons. The molecule has 2 fully saturated rings. The molecule has 0 aromatic heterocycles. The summed E-state index contributed by atoms with van der Waals surface area (Å²) in [5.74, 6) is 1.09. The van der Waals surface area contributed by atoms with Gasteiger partial charge in [-0.1, -0.05) is 12.1 Å². The van der Waals surface area contributed by atoms with Crippen molar-refractivity contribution < 1.29 is 9.53 Å². The van der Waals surface area contributed by atoms with Crippen LogP contribution in [0.3, 0.4) is 0 Å². The maximum atomic E-state index is 11.9. The number of rotatable bonds is 10. The normalized spacial score (nSPS) is 18.4. The number of hydrogen-bond acceptors (Lipinski definition) is 3. The van der Waals surface area contributed by atoms with E-state index in [4.69, 9.17) is 9.73 Å². The topological polar surface area (TPSA) is 66.0 Å². The van der Waals surface area contributed by atoms with Crippen LogP contribution < -0.4 is 15.5 Å². The van der Waals surface area contributed by atoms with Crippen molar-refractivity contribution in [3.63, 3.8) is 0 Å². The van der Waals surface area contributed by atoms with E-state index >= 15 is 0 Å². The molecule has 1 saturated heterocycles. The van der Waals surface area contributed by atoms with E-state index in [9.17, 15) is 4.79 Å².